The second-order valence-corrected chi connectivity index (χ2v) is 3.34. The van der Waals surface area contributed by atoms with Gasteiger partial charge in [0.2, 0.25) is 0 Å². The van der Waals surface area contributed by atoms with Crippen LogP contribution in [0.5, 0.6) is 0 Å². The fraction of sp³-hybridized carbons (Fsp3) is 0. The predicted molar refractivity (Wildman–Crippen MR) is 66.8 cm³/mol. The van der Waals surface area contributed by atoms with E-state index in [1.807, 2.05) is 0 Å². The van der Waals surface area contributed by atoms with Crippen LogP contribution < -0.4 is 0 Å². The van der Waals surface area contributed by atoms with Gasteiger partial charge in [0.05, 0.1) is 11.1 Å². The van der Waals surface area contributed by atoms with E-state index < -0.39 is 11.9 Å². The van der Waals surface area contributed by atoms with E-state index in [9.17, 15) is 9.59 Å². The predicted octanol–water partition coefficient (Wildman–Crippen LogP) is 2.77. The minimum Gasteiger partial charge on any atom is -0.478 e. The van der Waals surface area contributed by atoms with Gasteiger partial charge >= 0.3 is 11.9 Å². The Balaban J connectivity index is 0.000000324. The maximum Gasteiger partial charge on any atom is 0.335 e. The third-order valence-electron chi connectivity index (χ3n) is 2.04. The minimum atomic E-state index is -0.879. The van der Waals surface area contributed by atoms with Crippen LogP contribution in [0.4, 0.5) is 0 Å². The molecule has 2 aromatic rings. The van der Waals surface area contributed by atoms with Gasteiger partial charge in [-0.05, 0) is 24.3 Å². The Labute approximate surface area is 121 Å². The summed E-state index contributed by atoms with van der Waals surface area (Å²) in [5.74, 6) is -1.76. The molecule has 0 fully saturated rings. The van der Waals surface area contributed by atoms with Gasteiger partial charge in [-0.1, -0.05) is 36.4 Å². The molecule has 0 aliphatic carbocycles. The summed E-state index contributed by atoms with van der Waals surface area (Å²) in [7, 11) is 0. The van der Waals surface area contributed by atoms with Gasteiger partial charge in [-0.15, -0.1) is 0 Å². The van der Waals surface area contributed by atoms with Crippen LogP contribution in [0.2, 0.25) is 0 Å². The molecule has 19 heavy (non-hydrogen) atoms. The summed E-state index contributed by atoms with van der Waals surface area (Å²) >= 11 is 0. The standard InChI is InChI=1S/2C7H6O2.Cr/c2*8-7(9)6-4-2-1-3-5-6;/h2*1-5H,(H,8,9);. The number of carboxylic acid groups (broad SMARTS) is 2. The zero-order chi connectivity index (χ0) is 13.4. The Hall–Kier alpha value is -2.09. The largest absolute Gasteiger partial charge is 0.478 e. The van der Waals surface area contributed by atoms with Crippen LogP contribution in [0.25, 0.3) is 0 Å². The van der Waals surface area contributed by atoms with Crippen LogP contribution in [0.1, 0.15) is 20.7 Å². The second kappa shape index (κ2) is 8.92. The molecule has 0 aromatic heterocycles. The van der Waals surface area contributed by atoms with Gasteiger partial charge in [0.25, 0.3) is 0 Å². The summed E-state index contributed by atoms with van der Waals surface area (Å²) in [5.41, 5.74) is 0.662. The summed E-state index contributed by atoms with van der Waals surface area (Å²) in [6.45, 7) is 0. The third-order valence-corrected chi connectivity index (χ3v) is 2.04. The summed E-state index contributed by atoms with van der Waals surface area (Å²) in [6, 6.07) is 16.6. The number of hydrogen-bond acceptors (Lipinski definition) is 2. The average molecular weight is 296 g/mol. The van der Waals surface area contributed by atoms with E-state index in [0.29, 0.717) is 11.1 Å². The SMILES string of the molecule is O=C(O)c1ccccc1.O=C(O)c1ccccc1.[Cr]. The van der Waals surface area contributed by atoms with Crippen molar-refractivity contribution in [3.8, 4) is 0 Å². The van der Waals surface area contributed by atoms with E-state index >= 15 is 0 Å². The van der Waals surface area contributed by atoms with Gasteiger partial charge in [-0.3, -0.25) is 0 Å². The smallest absolute Gasteiger partial charge is 0.335 e. The number of benzene rings is 2. The zero-order valence-corrected chi connectivity index (χ0v) is 11.2. The van der Waals surface area contributed by atoms with Crippen LogP contribution in [0.15, 0.2) is 60.7 Å². The number of rotatable bonds is 2. The summed E-state index contributed by atoms with van der Waals surface area (Å²) in [6.07, 6.45) is 0. The molecule has 2 N–H and O–H groups in total. The number of carbonyl (C=O) groups is 2. The fourth-order valence-electron chi connectivity index (χ4n) is 1.16. The monoisotopic (exact) mass is 296 g/mol. The van der Waals surface area contributed by atoms with Crippen molar-refractivity contribution in [3.05, 3.63) is 71.8 Å². The molecule has 2 rings (SSSR count). The molecule has 0 aliphatic heterocycles. The number of carboxylic acids is 2. The topological polar surface area (TPSA) is 74.6 Å². The van der Waals surface area contributed by atoms with Gasteiger partial charge < -0.3 is 10.2 Å². The van der Waals surface area contributed by atoms with E-state index in [1.54, 1.807) is 60.7 Å². The fourth-order valence-corrected chi connectivity index (χ4v) is 1.16. The molecule has 5 heteroatoms. The van der Waals surface area contributed by atoms with Crippen LogP contribution >= 0.6 is 0 Å². The van der Waals surface area contributed by atoms with E-state index in [-0.39, 0.29) is 17.4 Å². The van der Waals surface area contributed by atoms with Gasteiger partial charge in [0.15, 0.2) is 0 Å². The molecular formula is C14H12CrO4. The van der Waals surface area contributed by atoms with Crippen LogP contribution in [0, 0.1) is 0 Å². The van der Waals surface area contributed by atoms with E-state index in [0.717, 1.165) is 0 Å². The molecule has 0 atom stereocenters. The van der Waals surface area contributed by atoms with Crippen molar-refractivity contribution in [3.63, 3.8) is 0 Å². The van der Waals surface area contributed by atoms with Crippen LogP contribution in [0.3, 0.4) is 0 Å². The van der Waals surface area contributed by atoms with E-state index in [2.05, 4.69) is 0 Å². The molecule has 0 heterocycles. The Morgan fingerprint density at radius 3 is 1.05 bits per heavy atom. The zero-order valence-electron chi connectivity index (χ0n) is 9.89. The molecule has 0 spiro atoms. The first kappa shape index (κ1) is 16.9. The van der Waals surface area contributed by atoms with Crippen molar-refractivity contribution in [2.75, 3.05) is 0 Å². The molecule has 0 amide bonds. The molecule has 0 unspecified atom stereocenters. The third kappa shape index (κ3) is 6.41. The molecule has 2 aromatic carbocycles. The maximum absolute atomic E-state index is 10.2. The van der Waals surface area contributed by atoms with Crippen molar-refractivity contribution in [2.24, 2.45) is 0 Å². The van der Waals surface area contributed by atoms with Gasteiger partial charge in [-0.2, -0.15) is 0 Å². The van der Waals surface area contributed by atoms with Crippen molar-refractivity contribution in [2.45, 2.75) is 0 Å². The first-order chi connectivity index (χ1) is 8.61. The molecule has 0 saturated heterocycles. The van der Waals surface area contributed by atoms with Crippen molar-refractivity contribution >= 4 is 11.9 Å². The van der Waals surface area contributed by atoms with Crippen molar-refractivity contribution < 1.29 is 37.2 Å². The molecule has 0 radical (unpaired) electrons. The Kier molecular flexibility index (Phi) is 7.94. The van der Waals surface area contributed by atoms with Gasteiger partial charge in [0.1, 0.15) is 0 Å². The Morgan fingerprint density at radius 2 is 0.895 bits per heavy atom. The quantitative estimate of drug-likeness (QED) is 0.893. The van der Waals surface area contributed by atoms with Gasteiger partial charge in [0, 0.05) is 17.4 Å². The molecule has 98 valence electrons. The summed E-state index contributed by atoms with van der Waals surface area (Å²) < 4.78 is 0. The van der Waals surface area contributed by atoms with Crippen LogP contribution in [-0.4, -0.2) is 22.2 Å². The number of aromatic carboxylic acids is 2. The minimum absolute atomic E-state index is 0. The van der Waals surface area contributed by atoms with Crippen LogP contribution in [-0.2, 0) is 17.4 Å². The van der Waals surface area contributed by atoms with Crippen molar-refractivity contribution in [1.29, 1.82) is 0 Å². The maximum atomic E-state index is 10.2. The molecule has 0 saturated carbocycles. The molecular weight excluding hydrogens is 284 g/mol. The number of hydrogen-bond donors (Lipinski definition) is 2. The molecule has 4 nitrogen and oxygen atoms in total. The average Bonchev–Trinajstić information content (AvgIpc) is 2.41. The first-order valence-electron chi connectivity index (χ1n) is 5.18. The Bertz CT molecular complexity index is 462. The molecule has 0 aliphatic rings. The van der Waals surface area contributed by atoms with Gasteiger partial charge in [-0.25, -0.2) is 9.59 Å². The second-order valence-electron chi connectivity index (χ2n) is 3.34. The normalized spacial score (nSPS) is 8.42. The summed E-state index contributed by atoms with van der Waals surface area (Å²) in [4.78, 5) is 20.4. The Morgan fingerprint density at radius 1 is 0.632 bits per heavy atom. The van der Waals surface area contributed by atoms with E-state index in [1.165, 1.54) is 0 Å². The van der Waals surface area contributed by atoms with Crippen molar-refractivity contribution in [1.82, 2.24) is 0 Å². The van der Waals surface area contributed by atoms with E-state index in [4.69, 9.17) is 10.2 Å². The summed E-state index contributed by atoms with van der Waals surface area (Å²) in [5, 5.41) is 16.8. The first-order valence-corrected chi connectivity index (χ1v) is 5.18. The molecule has 0 bridgehead atoms.